The molecular weight excluding hydrogens is 485 g/mol. The minimum absolute atomic E-state index is 0.0838. The number of pyridine rings is 1. The number of fused-ring (bicyclic) bond motifs is 1. The summed E-state index contributed by atoms with van der Waals surface area (Å²) in [6, 6.07) is 19.0. The molecule has 0 radical (unpaired) electrons. The van der Waals surface area contributed by atoms with E-state index in [0.29, 0.717) is 5.69 Å². The Morgan fingerprint density at radius 1 is 0.886 bits per heavy atom. The van der Waals surface area contributed by atoms with Crippen LogP contribution in [-0.2, 0) is 15.6 Å². The maximum absolute atomic E-state index is 13.9. The van der Waals surface area contributed by atoms with Gasteiger partial charge in [0.05, 0.1) is 27.1 Å². The summed E-state index contributed by atoms with van der Waals surface area (Å²) in [5.74, 6) is -0.669. The first-order chi connectivity index (χ1) is 16.8. The second kappa shape index (κ2) is 9.17. The van der Waals surface area contributed by atoms with Gasteiger partial charge in [-0.1, -0.05) is 41.9 Å². The fourth-order valence-corrected chi connectivity index (χ4v) is 5.46. The Morgan fingerprint density at radius 2 is 1.69 bits per heavy atom. The van der Waals surface area contributed by atoms with Crippen LogP contribution in [0.2, 0.25) is 5.02 Å². The van der Waals surface area contributed by atoms with Gasteiger partial charge in [0.1, 0.15) is 12.1 Å². The maximum atomic E-state index is 13.9. The normalized spacial score (nSPS) is 11.6. The minimum Gasteiger partial charge on any atom is -0.256 e. The number of sulfone groups is 1. The third kappa shape index (κ3) is 4.65. The molecule has 0 N–H and O–H groups in total. The van der Waals surface area contributed by atoms with Gasteiger partial charge in [-0.2, -0.15) is 0 Å². The Kier molecular flexibility index (Phi) is 6.05. The van der Waals surface area contributed by atoms with Crippen LogP contribution >= 0.6 is 11.6 Å². The molecule has 2 aromatic heterocycles. The van der Waals surface area contributed by atoms with Crippen LogP contribution in [0.15, 0.2) is 90.3 Å². The third-order valence-corrected chi connectivity index (χ3v) is 7.77. The molecule has 0 amide bonds. The molecule has 0 bridgehead atoms. The third-order valence-electron chi connectivity index (χ3n) is 5.81. The van der Waals surface area contributed by atoms with Gasteiger partial charge in [0.2, 0.25) is 0 Å². The minimum atomic E-state index is -3.58. The van der Waals surface area contributed by atoms with E-state index in [1.807, 2.05) is 25.1 Å². The summed E-state index contributed by atoms with van der Waals surface area (Å²) in [4.78, 5) is 12.7. The molecule has 174 valence electrons. The highest BCUT2D eigenvalue weighted by molar-refractivity contribution is 7.90. The molecule has 35 heavy (non-hydrogen) atoms. The molecule has 0 saturated carbocycles. The van der Waals surface area contributed by atoms with Crippen LogP contribution in [0.25, 0.3) is 33.2 Å². The van der Waals surface area contributed by atoms with E-state index in [4.69, 9.17) is 11.6 Å². The topological polar surface area (TPSA) is 72.8 Å². The average molecular weight is 504 g/mol. The number of aryl methyl sites for hydroxylation is 1. The van der Waals surface area contributed by atoms with Crippen molar-refractivity contribution < 1.29 is 12.8 Å². The van der Waals surface area contributed by atoms with Crippen molar-refractivity contribution in [3.8, 4) is 22.4 Å². The monoisotopic (exact) mass is 503 g/mol. The molecule has 0 aliphatic rings. The fourth-order valence-electron chi connectivity index (χ4n) is 4.03. The zero-order valence-corrected chi connectivity index (χ0v) is 20.2. The molecule has 0 atom stereocenters. The maximum Gasteiger partial charge on any atom is 0.184 e. The Hall–Kier alpha value is -3.68. The van der Waals surface area contributed by atoms with E-state index in [-0.39, 0.29) is 15.7 Å². The fraction of sp³-hybridized carbons (Fsp3) is 0.0741. The van der Waals surface area contributed by atoms with Gasteiger partial charge in [-0.15, -0.1) is 0 Å². The summed E-state index contributed by atoms with van der Waals surface area (Å²) in [6.45, 7) is 1.96. The average Bonchev–Trinajstić information content (AvgIpc) is 2.85. The Morgan fingerprint density at radius 3 is 2.43 bits per heavy atom. The lowest BCUT2D eigenvalue weighted by atomic mass is 9.96. The van der Waals surface area contributed by atoms with Gasteiger partial charge in [-0.3, -0.25) is 4.98 Å². The van der Waals surface area contributed by atoms with Crippen molar-refractivity contribution in [1.82, 2.24) is 15.0 Å². The number of nitrogens with zero attached hydrogens (tertiary/aromatic N) is 3. The molecule has 0 saturated heterocycles. The van der Waals surface area contributed by atoms with Crippen molar-refractivity contribution in [1.29, 1.82) is 0 Å². The molecular formula is C27H19ClFN3O2S. The van der Waals surface area contributed by atoms with E-state index < -0.39 is 15.7 Å². The molecule has 0 aliphatic heterocycles. The van der Waals surface area contributed by atoms with Gasteiger partial charge >= 0.3 is 0 Å². The Bertz CT molecular complexity index is 1680. The predicted octanol–water partition coefficient (Wildman–Crippen LogP) is 6.43. The number of benzene rings is 3. The second-order valence-electron chi connectivity index (χ2n) is 8.16. The van der Waals surface area contributed by atoms with Crippen molar-refractivity contribution in [3.05, 3.63) is 108 Å². The van der Waals surface area contributed by atoms with Crippen LogP contribution < -0.4 is 0 Å². The first kappa shape index (κ1) is 23.1. The molecule has 2 heterocycles. The summed E-state index contributed by atoms with van der Waals surface area (Å²) in [7, 11) is -3.58. The smallest absolute Gasteiger partial charge is 0.184 e. The van der Waals surface area contributed by atoms with Crippen molar-refractivity contribution >= 4 is 32.2 Å². The second-order valence-corrected chi connectivity index (χ2v) is 10.6. The molecule has 0 fully saturated rings. The largest absolute Gasteiger partial charge is 0.256 e. The molecule has 5 rings (SSSR count). The molecule has 0 spiro atoms. The summed E-state index contributed by atoms with van der Waals surface area (Å²) in [5.41, 5.74) is 4.63. The Labute approximate surface area is 207 Å². The molecule has 0 aliphatic carbocycles. The van der Waals surface area contributed by atoms with Crippen LogP contribution in [0, 0.1) is 12.7 Å². The molecule has 5 nitrogen and oxygen atoms in total. The lowest BCUT2D eigenvalue weighted by Crippen LogP contribution is -2.06. The van der Waals surface area contributed by atoms with Crippen molar-refractivity contribution in [2.75, 3.05) is 0 Å². The number of hydrogen-bond acceptors (Lipinski definition) is 5. The summed E-state index contributed by atoms with van der Waals surface area (Å²) >= 11 is 5.81. The zero-order valence-electron chi connectivity index (χ0n) is 18.6. The quantitative estimate of drug-likeness (QED) is 0.276. The van der Waals surface area contributed by atoms with Crippen LogP contribution in [0.4, 0.5) is 4.39 Å². The van der Waals surface area contributed by atoms with Crippen molar-refractivity contribution in [2.24, 2.45) is 0 Å². The molecule has 8 heteroatoms. The van der Waals surface area contributed by atoms with E-state index in [9.17, 15) is 12.8 Å². The summed E-state index contributed by atoms with van der Waals surface area (Å²) in [6.07, 6.45) is 4.52. The molecule has 0 unspecified atom stereocenters. The van der Waals surface area contributed by atoms with Gasteiger partial charge in [-0.25, -0.2) is 22.8 Å². The van der Waals surface area contributed by atoms with Gasteiger partial charge in [0.15, 0.2) is 9.84 Å². The first-order valence-electron chi connectivity index (χ1n) is 10.7. The molecule has 5 aromatic rings. The van der Waals surface area contributed by atoms with Crippen molar-refractivity contribution in [2.45, 2.75) is 17.6 Å². The SMILES string of the molecule is Cc1cc(-c2ccc(Cl)c(F)c2)ccc1-c1nccc2cc(S(=O)(=O)Cc3ccncn3)ccc12. The van der Waals surface area contributed by atoms with E-state index in [2.05, 4.69) is 15.0 Å². The number of rotatable bonds is 5. The standard InChI is InChI=1S/C27H19ClFN3O2S/c1-17-12-18(19-3-7-25(28)26(29)14-19)2-5-23(17)27-24-6-4-22(13-20(24)8-11-31-27)35(33,34)15-21-9-10-30-16-32-21/h2-14,16H,15H2,1H3. The number of hydrogen-bond donors (Lipinski definition) is 0. The highest BCUT2D eigenvalue weighted by atomic mass is 35.5. The van der Waals surface area contributed by atoms with Crippen LogP contribution in [0.5, 0.6) is 0 Å². The van der Waals surface area contributed by atoms with Crippen LogP contribution in [0.1, 0.15) is 11.3 Å². The van der Waals surface area contributed by atoms with Gasteiger partial charge in [0, 0.05) is 23.3 Å². The van der Waals surface area contributed by atoms with E-state index in [0.717, 1.165) is 38.7 Å². The van der Waals surface area contributed by atoms with Crippen LogP contribution in [-0.4, -0.2) is 23.4 Å². The van der Waals surface area contributed by atoms with Gasteiger partial charge in [0.25, 0.3) is 0 Å². The lowest BCUT2D eigenvalue weighted by molar-refractivity contribution is 0.594. The van der Waals surface area contributed by atoms with Gasteiger partial charge < -0.3 is 0 Å². The van der Waals surface area contributed by atoms with E-state index >= 15 is 0 Å². The van der Waals surface area contributed by atoms with E-state index in [1.54, 1.807) is 42.6 Å². The summed E-state index contributed by atoms with van der Waals surface area (Å²) in [5, 5.41) is 1.68. The van der Waals surface area contributed by atoms with Crippen molar-refractivity contribution in [3.63, 3.8) is 0 Å². The zero-order chi connectivity index (χ0) is 24.6. The Balaban J connectivity index is 1.52. The molecule has 3 aromatic carbocycles. The van der Waals surface area contributed by atoms with Crippen LogP contribution in [0.3, 0.4) is 0 Å². The number of halogens is 2. The lowest BCUT2D eigenvalue weighted by Gasteiger charge is -2.12. The highest BCUT2D eigenvalue weighted by Gasteiger charge is 2.18. The van der Waals surface area contributed by atoms with E-state index in [1.165, 1.54) is 24.7 Å². The highest BCUT2D eigenvalue weighted by Crippen LogP contribution is 2.33. The summed E-state index contributed by atoms with van der Waals surface area (Å²) < 4.78 is 39.9. The number of aromatic nitrogens is 3. The van der Waals surface area contributed by atoms with Gasteiger partial charge in [-0.05, 0) is 65.4 Å². The first-order valence-corrected chi connectivity index (χ1v) is 12.8. The predicted molar refractivity (Wildman–Crippen MR) is 135 cm³/mol.